The van der Waals surface area contributed by atoms with E-state index in [9.17, 15) is 0 Å². The molecule has 0 aromatic rings. The summed E-state index contributed by atoms with van der Waals surface area (Å²) >= 11 is 0. The van der Waals surface area contributed by atoms with Crippen LogP contribution < -0.4 is 0 Å². The molecule has 1 atom stereocenters. The minimum Gasteiger partial charge on any atom is -0.396 e. The zero-order chi connectivity index (χ0) is 8.32. The Kier molecular flexibility index (Phi) is 2.62. The van der Waals surface area contributed by atoms with E-state index in [0.29, 0.717) is 18.9 Å². The molecule has 0 fully saturated rings. The largest absolute Gasteiger partial charge is 0.396 e. The van der Waals surface area contributed by atoms with Gasteiger partial charge in [-0.15, -0.1) is 0 Å². The number of ether oxygens (including phenoxy) is 1. The zero-order valence-corrected chi connectivity index (χ0v) is 7.08. The lowest BCUT2D eigenvalue weighted by molar-refractivity contribution is -0.0527. The highest BCUT2D eigenvalue weighted by Crippen LogP contribution is 2.29. The van der Waals surface area contributed by atoms with Gasteiger partial charge in [0, 0.05) is 25.2 Å². The lowest BCUT2D eigenvalue weighted by Crippen LogP contribution is -2.34. The fourth-order valence-electron chi connectivity index (χ4n) is 1.31. The van der Waals surface area contributed by atoms with E-state index in [1.54, 1.807) is 6.21 Å². The van der Waals surface area contributed by atoms with Gasteiger partial charge in [-0.2, -0.15) is 0 Å². The number of rotatable bonds is 3. The predicted octanol–water partition coefficient (Wildman–Crippen LogP) is 0.822. The van der Waals surface area contributed by atoms with E-state index >= 15 is 0 Å². The van der Waals surface area contributed by atoms with Crippen LogP contribution in [-0.2, 0) is 4.74 Å². The third kappa shape index (κ3) is 1.60. The van der Waals surface area contributed by atoms with Crippen LogP contribution in [0.3, 0.4) is 0 Å². The molecule has 64 valence electrons. The van der Waals surface area contributed by atoms with Gasteiger partial charge in [-0.1, -0.05) is 13.8 Å². The van der Waals surface area contributed by atoms with Gasteiger partial charge >= 0.3 is 0 Å². The van der Waals surface area contributed by atoms with Crippen molar-refractivity contribution in [1.82, 2.24) is 0 Å². The van der Waals surface area contributed by atoms with Gasteiger partial charge in [0.25, 0.3) is 0 Å². The Bertz CT molecular complexity index is 156. The molecule has 1 heterocycles. The fourth-order valence-corrected chi connectivity index (χ4v) is 1.31. The molecule has 1 unspecified atom stereocenters. The summed E-state index contributed by atoms with van der Waals surface area (Å²) in [4.78, 5) is 4.25. The van der Waals surface area contributed by atoms with Crippen LogP contribution in [0, 0.1) is 5.92 Å². The smallest absolute Gasteiger partial charge is 0.163 e. The highest BCUT2D eigenvalue weighted by atomic mass is 16.5. The SMILES string of the molecule is CC(C)C1(CCO)N=CCO1. The molecular weight excluding hydrogens is 142 g/mol. The van der Waals surface area contributed by atoms with E-state index in [4.69, 9.17) is 9.84 Å². The summed E-state index contributed by atoms with van der Waals surface area (Å²) in [5.41, 5.74) is -0.436. The molecule has 1 N–H and O–H groups in total. The first-order valence-corrected chi connectivity index (χ1v) is 4.00. The molecule has 0 aromatic carbocycles. The van der Waals surface area contributed by atoms with Crippen molar-refractivity contribution in [3.63, 3.8) is 0 Å². The molecule has 0 aromatic heterocycles. The second-order valence-electron chi connectivity index (χ2n) is 3.10. The number of hydrogen-bond acceptors (Lipinski definition) is 3. The third-order valence-corrected chi connectivity index (χ3v) is 2.09. The average molecular weight is 157 g/mol. The molecule has 3 heteroatoms. The number of aliphatic hydroxyl groups is 1. The van der Waals surface area contributed by atoms with Gasteiger partial charge in [0.2, 0.25) is 0 Å². The molecule has 0 saturated heterocycles. The van der Waals surface area contributed by atoms with Crippen LogP contribution in [0.5, 0.6) is 0 Å². The maximum Gasteiger partial charge on any atom is 0.163 e. The van der Waals surface area contributed by atoms with Gasteiger partial charge in [0.05, 0.1) is 6.61 Å². The van der Waals surface area contributed by atoms with E-state index in [1.807, 2.05) is 0 Å². The Balaban J connectivity index is 2.63. The number of nitrogens with zero attached hydrogens (tertiary/aromatic N) is 1. The van der Waals surface area contributed by atoms with Gasteiger partial charge < -0.3 is 9.84 Å². The number of aliphatic hydroxyl groups excluding tert-OH is 1. The molecule has 0 amide bonds. The van der Waals surface area contributed by atoms with Crippen molar-refractivity contribution in [2.75, 3.05) is 13.2 Å². The van der Waals surface area contributed by atoms with Crippen LogP contribution in [0.4, 0.5) is 0 Å². The Morgan fingerprint density at radius 3 is 2.82 bits per heavy atom. The van der Waals surface area contributed by atoms with Gasteiger partial charge in [-0.25, -0.2) is 0 Å². The monoisotopic (exact) mass is 157 g/mol. The first kappa shape index (κ1) is 8.68. The van der Waals surface area contributed by atoms with Gasteiger partial charge in [0.1, 0.15) is 0 Å². The Labute approximate surface area is 67.1 Å². The molecule has 1 aliphatic rings. The van der Waals surface area contributed by atoms with Crippen LogP contribution in [-0.4, -0.2) is 30.3 Å². The van der Waals surface area contributed by atoms with Crippen molar-refractivity contribution in [2.24, 2.45) is 10.9 Å². The highest BCUT2D eigenvalue weighted by molar-refractivity contribution is 5.61. The highest BCUT2D eigenvalue weighted by Gasteiger charge is 2.35. The summed E-state index contributed by atoms with van der Waals surface area (Å²) in [5.74, 6) is 0.327. The summed E-state index contributed by atoms with van der Waals surface area (Å²) < 4.78 is 5.46. The summed E-state index contributed by atoms with van der Waals surface area (Å²) in [7, 11) is 0. The standard InChI is InChI=1S/C8H15NO2/c1-7(2)8(3-5-10)9-4-6-11-8/h4,7,10H,3,5-6H2,1-2H3. The Hall–Kier alpha value is -0.410. The Morgan fingerprint density at radius 1 is 1.73 bits per heavy atom. The van der Waals surface area contributed by atoms with Crippen LogP contribution in [0.25, 0.3) is 0 Å². The molecule has 0 saturated carbocycles. The van der Waals surface area contributed by atoms with Crippen molar-refractivity contribution in [2.45, 2.75) is 26.0 Å². The maximum absolute atomic E-state index is 8.79. The average Bonchev–Trinajstić information content (AvgIpc) is 2.38. The lowest BCUT2D eigenvalue weighted by atomic mass is 9.97. The third-order valence-electron chi connectivity index (χ3n) is 2.09. The summed E-state index contributed by atoms with van der Waals surface area (Å²) in [6.07, 6.45) is 2.37. The molecule has 1 rings (SSSR count). The topological polar surface area (TPSA) is 41.8 Å². The van der Waals surface area contributed by atoms with Crippen LogP contribution in [0.1, 0.15) is 20.3 Å². The van der Waals surface area contributed by atoms with Gasteiger partial charge in [-0.3, -0.25) is 4.99 Å². The van der Waals surface area contributed by atoms with Crippen molar-refractivity contribution in [1.29, 1.82) is 0 Å². The first-order valence-electron chi connectivity index (χ1n) is 4.00. The molecule has 0 radical (unpaired) electrons. The molecular formula is C8H15NO2. The van der Waals surface area contributed by atoms with Crippen molar-refractivity contribution < 1.29 is 9.84 Å². The van der Waals surface area contributed by atoms with Crippen LogP contribution >= 0.6 is 0 Å². The Morgan fingerprint density at radius 2 is 2.45 bits per heavy atom. The fraction of sp³-hybridized carbons (Fsp3) is 0.875. The predicted molar refractivity (Wildman–Crippen MR) is 43.7 cm³/mol. The van der Waals surface area contributed by atoms with Crippen molar-refractivity contribution in [3.8, 4) is 0 Å². The number of aliphatic imine (C=N–C) groups is 1. The molecule has 11 heavy (non-hydrogen) atoms. The second-order valence-corrected chi connectivity index (χ2v) is 3.10. The summed E-state index contributed by atoms with van der Waals surface area (Å²) in [6.45, 7) is 4.82. The molecule has 3 nitrogen and oxygen atoms in total. The van der Waals surface area contributed by atoms with E-state index in [1.165, 1.54) is 0 Å². The van der Waals surface area contributed by atoms with Crippen LogP contribution in [0.15, 0.2) is 4.99 Å². The lowest BCUT2D eigenvalue weighted by Gasteiger charge is -2.28. The normalized spacial score (nSPS) is 30.2. The van der Waals surface area contributed by atoms with E-state index < -0.39 is 5.72 Å². The van der Waals surface area contributed by atoms with Crippen molar-refractivity contribution >= 4 is 6.21 Å². The zero-order valence-electron chi connectivity index (χ0n) is 7.08. The molecule has 0 aliphatic carbocycles. The minimum atomic E-state index is -0.436. The van der Waals surface area contributed by atoms with Crippen LogP contribution in [0.2, 0.25) is 0 Å². The molecule has 1 aliphatic heterocycles. The van der Waals surface area contributed by atoms with Crippen molar-refractivity contribution in [3.05, 3.63) is 0 Å². The second kappa shape index (κ2) is 3.32. The summed E-state index contributed by atoms with van der Waals surface area (Å²) in [6, 6.07) is 0. The minimum absolute atomic E-state index is 0.134. The van der Waals surface area contributed by atoms with E-state index in [2.05, 4.69) is 18.8 Å². The quantitative estimate of drug-likeness (QED) is 0.659. The number of hydrogen-bond donors (Lipinski definition) is 1. The van der Waals surface area contributed by atoms with Gasteiger partial charge in [-0.05, 0) is 0 Å². The maximum atomic E-state index is 8.79. The molecule has 0 spiro atoms. The van der Waals surface area contributed by atoms with E-state index in [0.717, 1.165) is 0 Å². The molecule has 0 bridgehead atoms. The summed E-state index contributed by atoms with van der Waals surface area (Å²) in [5, 5.41) is 8.79. The first-order chi connectivity index (χ1) is 5.21. The van der Waals surface area contributed by atoms with Gasteiger partial charge in [0.15, 0.2) is 5.72 Å². The van der Waals surface area contributed by atoms with E-state index in [-0.39, 0.29) is 6.61 Å².